The number of ether oxygens (including phenoxy) is 3. The largest absolute Gasteiger partial charge is 0.493 e. The normalized spacial score (nSPS) is 9.97. The van der Waals surface area contributed by atoms with E-state index in [1.54, 1.807) is 42.5 Å². The summed E-state index contributed by atoms with van der Waals surface area (Å²) >= 11 is 6.06. The van der Waals surface area contributed by atoms with Crippen molar-refractivity contribution in [2.45, 2.75) is 0 Å². The van der Waals surface area contributed by atoms with Gasteiger partial charge in [0.1, 0.15) is 5.75 Å². The van der Waals surface area contributed by atoms with Gasteiger partial charge in [-0.3, -0.25) is 4.79 Å². The number of hydrogen-bond acceptors (Lipinski definition) is 5. The lowest BCUT2D eigenvalue weighted by Crippen LogP contribution is -2.20. The van der Waals surface area contributed by atoms with Crippen molar-refractivity contribution in [1.82, 2.24) is 0 Å². The third-order valence-electron chi connectivity index (χ3n) is 3.84. The number of rotatable bonds is 7. The van der Waals surface area contributed by atoms with Crippen LogP contribution in [0.2, 0.25) is 5.02 Å². The van der Waals surface area contributed by atoms with Crippen LogP contribution < -0.4 is 19.5 Å². The van der Waals surface area contributed by atoms with Gasteiger partial charge in [-0.1, -0.05) is 29.8 Å². The maximum absolute atomic E-state index is 12.4. The molecule has 1 amide bonds. The first-order valence-corrected chi connectivity index (χ1v) is 9.00. The molecule has 0 fully saturated rings. The molecule has 7 heteroatoms. The van der Waals surface area contributed by atoms with Crippen LogP contribution in [0, 0.1) is 11.3 Å². The Bertz CT molecular complexity index is 1050. The van der Waals surface area contributed by atoms with E-state index in [9.17, 15) is 4.79 Å². The number of anilines is 1. The fourth-order valence-electron chi connectivity index (χ4n) is 2.49. The Morgan fingerprint density at radius 1 is 1.03 bits per heavy atom. The zero-order valence-corrected chi connectivity index (χ0v) is 16.3. The first-order valence-electron chi connectivity index (χ1n) is 8.62. The van der Waals surface area contributed by atoms with Crippen LogP contribution in [0.15, 0.2) is 66.7 Å². The van der Waals surface area contributed by atoms with Crippen molar-refractivity contribution in [2.24, 2.45) is 0 Å². The van der Waals surface area contributed by atoms with Crippen LogP contribution in [-0.4, -0.2) is 19.6 Å². The predicted octanol–water partition coefficient (Wildman–Crippen LogP) is 5.03. The third-order valence-corrected chi connectivity index (χ3v) is 4.07. The van der Waals surface area contributed by atoms with E-state index in [0.29, 0.717) is 39.3 Å². The smallest absolute Gasteiger partial charge is 0.262 e. The van der Waals surface area contributed by atoms with Crippen molar-refractivity contribution in [3.63, 3.8) is 0 Å². The number of nitrogens with one attached hydrogen (secondary N) is 1. The van der Waals surface area contributed by atoms with Gasteiger partial charge in [-0.05, 0) is 42.5 Å². The molecule has 0 heterocycles. The van der Waals surface area contributed by atoms with Crippen LogP contribution in [0.1, 0.15) is 5.56 Å². The SMILES string of the molecule is COc1cc(C#N)ccc1OCC(=O)Nc1cc(Cl)ccc1Oc1ccccc1. The molecule has 0 saturated heterocycles. The summed E-state index contributed by atoms with van der Waals surface area (Å²) < 4.78 is 16.5. The molecule has 0 atom stereocenters. The summed E-state index contributed by atoms with van der Waals surface area (Å²) in [5, 5.41) is 12.1. The molecule has 0 saturated carbocycles. The zero-order chi connectivity index (χ0) is 20.6. The standard InChI is InChI=1S/C22H17ClN2O4/c1-27-21-11-15(13-24)7-9-20(21)28-14-22(26)25-18-12-16(23)8-10-19(18)29-17-5-3-2-4-6-17/h2-12H,14H2,1H3,(H,25,26). The number of para-hydroxylation sites is 1. The number of amides is 1. The molecule has 3 aromatic carbocycles. The van der Waals surface area contributed by atoms with Crippen molar-refractivity contribution in [2.75, 3.05) is 19.0 Å². The number of benzene rings is 3. The van der Waals surface area contributed by atoms with Crippen LogP contribution in [0.25, 0.3) is 0 Å². The van der Waals surface area contributed by atoms with Crippen LogP contribution in [0.5, 0.6) is 23.0 Å². The molecule has 29 heavy (non-hydrogen) atoms. The predicted molar refractivity (Wildman–Crippen MR) is 110 cm³/mol. The second-order valence-corrected chi connectivity index (χ2v) is 6.31. The van der Waals surface area contributed by atoms with Gasteiger partial charge in [0.05, 0.1) is 24.4 Å². The molecule has 0 aromatic heterocycles. The molecule has 1 N–H and O–H groups in total. The fourth-order valence-corrected chi connectivity index (χ4v) is 2.66. The fraction of sp³-hybridized carbons (Fsp3) is 0.0909. The monoisotopic (exact) mass is 408 g/mol. The Morgan fingerprint density at radius 2 is 1.79 bits per heavy atom. The van der Waals surface area contributed by atoms with E-state index in [4.69, 9.17) is 31.1 Å². The van der Waals surface area contributed by atoms with Crippen LogP contribution >= 0.6 is 11.6 Å². The second-order valence-electron chi connectivity index (χ2n) is 5.87. The summed E-state index contributed by atoms with van der Waals surface area (Å²) in [4.78, 5) is 12.4. The molecule has 3 rings (SSSR count). The number of nitrogens with zero attached hydrogens (tertiary/aromatic N) is 1. The highest BCUT2D eigenvalue weighted by atomic mass is 35.5. The highest BCUT2D eigenvalue weighted by Gasteiger charge is 2.12. The van der Waals surface area contributed by atoms with E-state index in [1.165, 1.54) is 13.2 Å². The van der Waals surface area contributed by atoms with Gasteiger partial charge in [0, 0.05) is 11.1 Å². The van der Waals surface area contributed by atoms with Gasteiger partial charge < -0.3 is 19.5 Å². The Balaban J connectivity index is 1.69. The van der Waals surface area contributed by atoms with E-state index in [0.717, 1.165) is 0 Å². The molecule has 3 aromatic rings. The Morgan fingerprint density at radius 3 is 2.52 bits per heavy atom. The minimum absolute atomic E-state index is 0.264. The summed E-state index contributed by atoms with van der Waals surface area (Å²) in [6, 6.07) is 20.9. The summed E-state index contributed by atoms with van der Waals surface area (Å²) in [6.45, 7) is -0.264. The minimum atomic E-state index is -0.406. The van der Waals surface area contributed by atoms with Crippen LogP contribution in [-0.2, 0) is 4.79 Å². The number of methoxy groups -OCH3 is 1. The Labute approximate surface area is 173 Å². The summed E-state index contributed by atoms with van der Waals surface area (Å²) in [5.74, 6) is 1.39. The average Bonchev–Trinajstić information content (AvgIpc) is 2.74. The minimum Gasteiger partial charge on any atom is -0.493 e. The van der Waals surface area contributed by atoms with Crippen molar-refractivity contribution >= 4 is 23.2 Å². The van der Waals surface area contributed by atoms with Gasteiger partial charge in [-0.15, -0.1) is 0 Å². The first kappa shape index (κ1) is 20.1. The van der Waals surface area contributed by atoms with Gasteiger partial charge in [0.15, 0.2) is 23.9 Å². The molecule has 146 valence electrons. The van der Waals surface area contributed by atoms with Crippen molar-refractivity contribution in [3.8, 4) is 29.1 Å². The number of carbonyl (C=O) groups is 1. The number of carbonyl (C=O) groups excluding carboxylic acids is 1. The van der Waals surface area contributed by atoms with Crippen molar-refractivity contribution in [1.29, 1.82) is 5.26 Å². The number of nitriles is 1. The van der Waals surface area contributed by atoms with Gasteiger partial charge in [0.25, 0.3) is 5.91 Å². The molecule has 0 radical (unpaired) electrons. The average molecular weight is 409 g/mol. The maximum Gasteiger partial charge on any atom is 0.262 e. The summed E-state index contributed by atoms with van der Waals surface area (Å²) in [6.07, 6.45) is 0. The molecule has 0 spiro atoms. The lowest BCUT2D eigenvalue weighted by molar-refractivity contribution is -0.118. The third kappa shape index (κ3) is 5.41. The molecule has 0 aliphatic rings. The number of halogens is 1. The summed E-state index contributed by atoms with van der Waals surface area (Å²) in [7, 11) is 1.46. The van der Waals surface area contributed by atoms with E-state index < -0.39 is 5.91 Å². The summed E-state index contributed by atoms with van der Waals surface area (Å²) in [5.41, 5.74) is 0.849. The van der Waals surface area contributed by atoms with Gasteiger partial charge in [-0.2, -0.15) is 5.26 Å². The first-order chi connectivity index (χ1) is 14.1. The van der Waals surface area contributed by atoms with Gasteiger partial charge in [0.2, 0.25) is 0 Å². The van der Waals surface area contributed by atoms with Crippen LogP contribution in [0.4, 0.5) is 5.69 Å². The van der Waals surface area contributed by atoms with Crippen molar-refractivity contribution < 1.29 is 19.0 Å². The zero-order valence-electron chi connectivity index (χ0n) is 15.5. The molecule has 0 unspecified atom stereocenters. The highest BCUT2D eigenvalue weighted by molar-refractivity contribution is 6.31. The quantitative estimate of drug-likeness (QED) is 0.593. The van der Waals surface area contributed by atoms with Gasteiger partial charge >= 0.3 is 0 Å². The molecule has 0 bridgehead atoms. The molecule has 0 aliphatic carbocycles. The lowest BCUT2D eigenvalue weighted by Gasteiger charge is -2.14. The van der Waals surface area contributed by atoms with E-state index in [-0.39, 0.29) is 6.61 Å². The van der Waals surface area contributed by atoms with Crippen LogP contribution in [0.3, 0.4) is 0 Å². The number of hydrogen-bond donors (Lipinski definition) is 1. The van der Waals surface area contributed by atoms with Crippen molar-refractivity contribution in [3.05, 3.63) is 77.3 Å². The van der Waals surface area contributed by atoms with E-state index >= 15 is 0 Å². The Hall–Kier alpha value is -3.69. The molecule has 6 nitrogen and oxygen atoms in total. The second kappa shape index (κ2) is 9.49. The lowest BCUT2D eigenvalue weighted by atomic mass is 10.2. The molecular formula is C22H17ClN2O4. The van der Waals surface area contributed by atoms with Gasteiger partial charge in [-0.25, -0.2) is 0 Å². The maximum atomic E-state index is 12.4. The topological polar surface area (TPSA) is 80.6 Å². The van der Waals surface area contributed by atoms with E-state index in [2.05, 4.69) is 5.32 Å². The molecule has 0 aliphatic heterocycles. The highest BCUT2D eigenvalue weighted by Crippen LogP contribution is 2.32. The molecular weight excluding hydrogens is 392 g/mol. The van der Waals surface area contributed by atoms with E-state index in [1.807, 2.05) is 24.3 Å². The Kier molecular flexibility index (Phi) is 6.56.